The second kappa shape index (κ2) is 7.91. The number of nitrogens with zero attached hydrogens (tertiary/aromatic N) is 3. The lowest BCUT2D eigenvalue weighted by atomic mass is 10.2. The van der Waals surface area contributed by atoms with Gasteiger partial charge in [-0.3, -0.25) is 15.0 Å². The van der Waals surface area contributed by atoms with Crippen LogP contribution in [0.1, 0.15) is 11.5 Å². The van der Waals surface area contributed by atoms with E-state index < -0.39 is 19.0 Å². The molecule has 1 unspecified atom stereocenters. The highest BCUT2D eigenvalue weighted by molar-refractivity contribution is 7.95. The Kier molecular flexibility index (Phi) is 5.18. The molecule has 1 aromatic carbocycles. The van der Waals surface area contributed by atoms with Crippen LogP contribution in [0.5, 0.6) is 0 Å². The fourth-order valence-electron chi connectivity index (χ4n) is 3.42. The van der Waals surface area contributed by atoms with Gasteiger partial charge in [0.2, 0.25) is 5.91 Å². The van der Waals surface area contributed by atoms with Gasteiger partial charge in [0, 0.05) is 42.7 Å². The van der Waals surface area contributed by atoms with Gasteiger partial charge in [-0.2, -0.15) is 4.39 Å². The Hall–Kier alpha value is -3.04. The van der Waals surface area contributed by atoms with Crippen LogP contribution in [-0.4, -0.2) is 15.0 Å². The van der Waals surface area contributed by atoms with Crippen LogP contribution in [0.4, 0.5) is 8.78 Å². The van der Waals surface area contributed by atoms with Crippen molar-refractivity contribution in [2.24, 2.45) is 0 Å². The first kappa shape index (κ1) is 18.3. The van der Waals surface area contributed by atoms with Crippen LogP contribution in [0.2, 0.25) is 0 Å². The Morgan fingerprint density at radius 2 is 0.929 bits per heavy atom. The molecule has 3 nitrogen and oxygen atoms in total. The van der Waals surface area contributed by atoms with Crippen molar-refractivity contribution in [1.29, 1.82) is 0 Å². The van der Waals surface area contributed by atoms with Gasteiger partial charge in [-0.15, -0.1) is 0 Å². The lowest BCUT2D eigenvalue weighted by Crippen LogP contribution is -2.34. The quantitative estimate of drug-likeness (QED) is 0.483. The van der Waals surface area contributed by atoms with Crippen LogP contribution >= 0.6 is 7.26 Å². The zero-order valence-corrected chi connectivity index (χ0v) is 15.8. The van der Waals surface area contributed by atoms with Crippen LogP contribution < -0.4 is 15.9 Å². The molecule has 0 fully saturated rings. The largest absolute Gasteiger partial charge is 0.264 e. The molecule has 0 radical (unpaired) electrons. The lowest BCUT2D eigenvalue weighted by molar-refractivity contribution is 0.460. The molecule has 0 spiro atoms. The third-order valence-corrected chi connectivity index (χ3v) is 9.01. The summed E-state index contributed by atoms with van der Waals surface area (Å²) >= 11 is 0. The number of hydrogen-bond donors (Lipinski definition) is 0. The predicted molar refractivity (Wildman–Crippen MR) is 109 cm³/mol. The SMILES string of the molecule is Fc1ccc(C(F)[P+](c2ccncc2)(c2ccncc2)c2ccncc2)cc1. The molecule has 4 aromatic rings. The predicted octanol–water partition coefficient (Wildman–Crippen LogP) is 3.97. The summed E-state index contributed by atoms with van der Waals surface area (Å²) in [5.41, 5.74) is 0.431. The first-order valence-electron chi connectivity index (χ1n) is 8.73. The number of benzene rings is 1. The van der Waals surface area contributed by atoms with Crippen LogP contribution in [0.15, 0.2) is 97.8 Å². The molecule has 0 bridgehead atoms. The van der Waals surface area contributed by atoms with Gasteiger partial charge in [0.25, 0.3) is 0 Å². The van der Waals surface area contributed by atoms with Crippen molar-refractivity contribution in [1.82, 2.24) is 15.0 Å². The fraction of sp³-hybridized carbons (Fsp3) is 0.0455. The van der Waals surface area contributed by atoms with E-state index in [2.05, 4.69) is 15.0 Å². The Balaban J connectivity index is 2.05. The van der Waals surface area contributed by atoms with Gasteiger partial charge in [-0.25, -0.2) is 4.39 Å². The molecule has 3 heterocycles. The maximum atomic E-state index is 16.5. The molecular formula is C22H17F2N3P+. The van der Waals surface area contributed by atoms with Gasteiger partial charge >= 0.3 is 0 Å². The highest BCUT2D eigenvalue weighted by Crippen LogP contribution is 2.67. The van der Waals surface area contributed by atoms with E-state index in [0.29, 0.717) is 5.56 Å². The molecule has 0 aliphatic heterocycles. The summed E-state index contributed by atoms with van der Waals surface area (Å²) in [7, 11) is -2.79. The molecule has 0 aliphatic carbocycles. The van der Waals surface area contributed by atoms with Crippen LogP contribution in [0, 0.1) is 5.82 Å². The average Bonchev–Trinajstić information content (AvgIpc) is 2.77. The molecule has 0 saturated carbocycles. The number of halogens is 2. The lowest BCUT2D eigenvalue weighted by Gasteiger charge is -2.30. The van der Waals surface area contributed by atoms with E-state index in [9.17, 15) is 4.39 Å². The van der Waals surface area contributed by atoms with E-state index in [1.165, 1.54) is 24.3 Å². The number of pyridine rings is 3. The van der Waals surface area contributed by atoms with Gasteiger partial charge in [0.15, 0.2) is 7.26 Å². The Morgan fingerprint density at radius 1 is 0.571 bits per heavy atom. The van der Waals surface area contributed by atoms with Crippen molar-refractivity contribution in [2.75, 3.05) is 0 Å². The van der Waals surface area contributed by atoms with Crippen molar-refractivity contribution in [3.8, 4) is 0 Å². The summed E-state index contributed by atoms with van der Waals surface area (Å²) in [6.45, 7) is 0. The van der Waals surface area contributed by atoms with Crippen LogP contribution in [0.25, 0.3) is 0 Å². The van der Waals surface area contributed by atoms with Crippen molar-refractivity contribution >= 4 is 23.2 Å². The minimum atomic E-state index is -2.79. The minimum absolute atomic E-state index is 0.392. The van der Waals surface area contributed by atoms with Crippen LogP contribution in [0.3, 0.4) is 0 Å². The van der Waals surface area contributed by atoms with Crippen molar-refractivity contribution < 1.29 is 8.78 Å². The molecular weight excluding hydrogens is 375 g/mol. The minimum Gasteiger partial charge on any atom is -0.264 e. The second-order valence-electron chi connectivity index (χ2n) is 6.23. The molecule has 1 atom stereocenters. The van der Waals surface area contributed by atoms with Gasteiger partial charge in [0.1, 0.15) is 21.7 Å². The monoisotopic (exact) mass is 392 g/mol. The normalized spacial score (nSPS) is 12.5. The zero-order chi connectivity index (χ0) is 19.4. The zero-order valence-electron chi connectivity index (χ0n) is 14.9. The van der Waals surface area contributed by atoms with Gasteiger partial charge in [-0.05, 0) is 60.7 Å². The van der Waals surface area contributed by atoms with Gasteiger partial charge in [0.05, 0.1) is 0 Å². The van der Waals surface area contributed by atoms with E-state index in [0.717, 1.165) is 15.9 Å². The molecule has 0 amide bonds. The highest BCUT2D eigenvalue weighted by atomic mass is 31.2. The summed E-state index contributed by atoms with van der Waals surface area (Å²) in [5.74, 6) is -1.77. The number of alkyl halides is 1. The number of hydrogen-bond acceptors (Lipinski definition) is 3. The average molecular weight is 392 g/mol. The summed E-state index contributed by atoms with van der Waals surface area (Å²) < 4.78 is 30.0. The molecule has 4 rings (SSSR count). The third-order valence-electron chi connectivity index (χ3n) is 4.70. The van der Waals surface area contributed by atoms with E-state index in [1.54, 1.807) is 37.2 Å². The standard InChI is InChI=1S/C22H17F2N3P/c23-18-3-1-17(2-4-18)22(24)28(19-5-11-25-12-6-19,20-7-13-26-14-8-20)21-9-15-27-16-10-21/h1-16,22H/q+1. The molecule has 28 heavy (non-hydrogen) atoms. The maximum Gasteiger partial charge on any atom is 0.244 e. The molecule has 3 aromatic heterocycles. The van der Waals surface area contributed by atoms with E-state index in [4.69, 9.17) is 0 Å². The van der Waals surface area contributed by atoms with Crippen molar-refractivity contribution in [3.05, 3.63) is 109 Å². The van der Waals surface area contributed by atoms with Gasteiger partial charge in [-0.1, -0.05) is 0 Å². The first-order chi connectivity index (χ1) is 13.7. The molecule has 138 valence electrons. The van der Waals surface area contributed by atoms with E-state index in [1.807, 2.05) is 36.4 Å². The maximum absolute atomic E-state index is 16.5. The summed E-state index contributed by atoms with van der Waals surface area (Å²) in [4.78, 5) is 12.3. The molecule has 0 saturated heterocycles. The number of rotatable bonds is 5. The summed E-state index contributed by atoms with van der Waals surface area (Å²) in [5, 5.41) is 2.53. The highest BCUT2D eigenvalue weighted by Gasteiger charge is 2.54. The Morgan fingerprint density at radius 3 is 1.29 bits per heavy atom. The summed E-state index contributed by atoms with van der Waals surface area (Å²) in [6, 6.07) is 16.7. The van der Waals surface area contributed by atoms with Crippen molar-refractivity contribution in [2.45, 2.75) is 5.91 Å². The van der Waals surface area contributed by atoms with Gasteiger partial charge < -0.3 is 0 Å². The smallest absolute Gasteiger partial charge is 0.244 e. The molecule has 0 aliphatic rings. The number of aromatic nitrogens is 3. The first-order valence-corrected chi connectivity index (χ1v) is 10.6. The fourth-order valence-corrected chi connectivity index (χ4v) is 7.53. The summed E-state index contributed by atoms with van der Waals surface area (Å²) in [6.07, 6.45) is 10.0. The van der Waals surface area contributed by atoms with Crippen LogP contribution in [-0.2, 0) is 0 Å². The second-order valence-corrected chi connectivity index (χ2v) is 9.67. The Bertz CT molecular complexity index is 933. The third kappa shape index (κ3) is 3.19. The molecule has 0 N–H and O–H groups in total. The van der Waals surface area contributed by atoms with E-state index >= 15 is 4.39 Å². The topological polar surface area (TPSA) is 38.7 Å². The molecule has 6 heteroatoms. The van der Waals surface area contributed by atoms with E-state index in [-0.39, 0.29) is 0 Å². The van der Waals surface area contributed by atoms with Crippen molar-refractivity contribution in [3.63, 3.8) is 0 Å². The Labute approximate surface area is 162 Å².